The molecule has 0 unspecified atom stereocenters. The second kappa shape index (κ2) is 5.51. The van der Waals surface area contributed by atoms with Gasteiger partial charge in [-0.25, -0.2) is 0 Å². The smallest absolute Gasteiger partial charge is 0.259 e. The molecular formula is C12H18N2O2. The first-order chi connectivity index (χ1) is 7.52. The number of carbonyl (C=O) groups excluding carboxylic acids is 1. The van der Waals surface area contributed by atoms with Gasteiger partial charge in [0.2, 0.25) is 0 Å². The number of hydrogen-bond acceptors (Lipinski definition) is 3. The van der Waals surface area contributed by atoms with Crippen LogP contribution in [-0.2, 0) is 4.79 Å². The number of carbonyl (C=O) groups is 1. The molecule has 0 aromatic heterocycles. The molecule has 4 nitrogen and oxygen atoms in total. The Kier molecular flexibility index (Phi) is 4.31. The Bertz CT molecular complexity index is 362. The van der Waals surface area contributed by atoms with Gasteiger partial charge in [-0.2, -0.15) is 0 Å². The van der Waals surface area contributed by atoms with Crippen LogP contribution in [0.5, 0.6) is 5.75 Å². The highest BCUT2D eigenvalue weighted by Crippen LogP contribution is 2.22. The van der Waals surface area contributed by atoms with Crippen LogP contribution in [0.25, 0.3) is 0 Å². The van der Waals surface area contributed by atoms with Gasteiger partial charge in [0.1, 0.15) is 5.75 Å². The lowest BCUT2D eigenvalue weighted by Crippen LogP contribution is -2.27. The van der Waals surface area contributed by atoms with Crippen LogP contribution in [0.2, 0.25) is 0 Å². The fourth-order valence-corrected chi connectivity index (χ4v) is 1.26. The minimum atomic E-state index is -0.106. The maximum absolute atomic E-state index is 11.4. The van der Waals surface area contributed by atoms with E-state index < -0.39 is 0 Å². The summed E-state index contributed by atoms with van der Waals surface area (Å²) in [4.78, 5) is 12.9. The largest absolute Gasteiger partial charge is 0.483 e. The molecule has 4 heteroatoms. The van der Waals surface area contributed by atoms with E-state index in [0.717, 1.165) is 5.56 Å². The number of benzene rings is 1. The summed E-state index contributed by atoms with van der Waals surface area (Å²) in [6.07, 6.45) is 0. The summed E-state index contributed by atoms with van der Waals surface area (Å²) < 4.78 is 5.45. The van der Waals surface area contributed by atoms with Crippen molar-refractivity contribution in [2.45, 2.75) is 13.0 Å². The van der Waals surface area contributed by atoms with Gasteiger partial charge in [0.25, 0.3) is 5.91 Å². The molecule has 0 saturated heterocycles. The van der Waals surface area contributed by atoms with E-state index in [1.807, 2.05) is 31.2 Å². The Hall–Kier alpha value is -1.55. The molecule has 2 N–H and O–H groups in total. The summed E-state index contributed by atoms with van der Waals surface area (Å²) in [6.45, 7) is 1.92. The van der Waals surface area contributed by atoms with Crippen LogP contribution in [0.4, 0.5) is 0 Å². The van der Waals surface area contributed by atoms with Crippen LogP contribution in [0.15, 0.2) is 24.3 Å². The van der Waals surface area contributed by atoms with E-state index in [-0.39, 0.29) is 18.6 Å². The van der Waals surface area contributed by atoms with Crippen molar-refractivity contribution in [3.63, 3.8) is 0 Å². The summed E-state index contributed by atoms with van der Waals surface area (Å²) in [5.74, 6) is 0.604. The molecule has 0 aliphatic carbocycles. The SMILES string of the molecule is C[C@@H](N)c1ccccc1OCC(=O)N(C)C. The van der Waals surface area contributed by atoms with Crippen LogP contribution >= 0.6 is 0 Å². The summed E-state index contributed by atoms with van der Waals surface area (Å²) in [5.41, 5.74) is 6.72. The monoisotopic (exact) mass is 222 g/mol. The second-order valence-electron chi connectivity index (χ2n) is 3.90. The van der Waals surface area contributed by atoms with Gasteiger partial charge >= 0.3 is 0 Å². The van der Waals surface area contributed by atoms with Crippen molar-refractivity contribution in [2.75, 3.05) is 20.7 Å². The van der Waals surface area contributed by atoms with E-state index in [4.69, 9.17) is 10.5 Å². The Morgan fingerprint density at radius 3 is 2.62 bits per heavy atom. The van der Waals surface area contributed by atoms with Gasteiger partial charge < -0.3 is 15.4 Å². The molecule has 88 valence electrons. The number of nitrogens with two attached hydrogens (primary N) is 1. The Labute approximate surface area is 96.0 Å². The van der Waals surface area contributed by atoms with Crippen molar-refractivity contribution in [3.8, 4) is 5.75 Å². The molecule has 0 fully saturated rings. The third-order valence-corrected chi connectivity index (χ3v) is 2.26. The first-order valence-electron chi connectivity index (χ1n) is 5.20. The predicted octanol–water partition coefficient (Wildman–Crippen LogP) is 1.17. The van der Waals surface area contributed by atoms with Crippen LogP contribution in [0.1, 0.15) is 18.5 Å². The molecule has 0 radical (unpaired) electrons. The van der Waals surface area contributed by atoms with Gasteiger partial charge in [0.15, 0.2) is 6.61 Å². The number of nitrogens with zero attached hydrogens (tertiary/aromatic N) is 1. The quantitative estimate of drug-likeness (QED) is 0.832. The fraction of sp³-hybridized carbons (Fsp3) is 0.417. The van der Waals surface area contributed by atoms with Crippen molar-refractivity contribution in [2.24, 2.45) is 5.73 Å². The topological polar surface area (TPSA) is 55.6 Å². The maximum Gasteiger partial charge on any atom is 0.259 e. The van der Waals surface area contributed by atoms with Crippen LogP contribution in [0.3, 0.4) is 0 Å². The van der Waals surface area contributed by atoms with E-state index in [1.54, 1.807) is 14.1 Å². The van der Waals surface area contributed by atoms with Crippen LogP contribution in [0, 0.1) is 0 Å². The first kappa shape index (κ1) is 12.5. The Morgan fingerprint density at radius 2 is 2.06 bits per heavy atom. The number of likely N-dealkylation sites (N-methyl/N-ethyl adjacent to an activating group) is 1. The average Bonchev–Trinajstić information content (AvgIpc) is 2.25. The van der Waals surface area contributed by atoms with Gasteiger partial charge in [-0.1, -0.05) is 18.2 Å². The lowest BCUT2D eigenvalue weighted by atomic mass is 10.1. The highest BCUT2D eigenvalue weighted by Gasteiger charge is 2.09. The molecule has 0 heterocycles. The number of rotatable bonds is 4. The third-order valence-electron chi connectivity index (χ3n) is 2.26. The number of ether oxygens (including phenoxy) is 1. The standard InChI is InChI=1S/C12H18N2O2/c1-9(13)10-6-4-5-7-11(10)16-8-12(15)14(2)3/h4-7,9H,8,13H2,1-3H3/t9-/m1/s1. The zero-order valence-corrected chi connectivity index (χ0v) is 9.93. The van der Waals surface area contributed by atoms with E-state index >= 15 is 0 Å². The van der Waals surface area contributed by atoms with Crippen molar-refractivity contribution in [3.05, 3.63) is 29.8 Å². The third kappa shape index (κ3) is 3.24. The number of para-hydroxylation sites is 1. The van der Waals surface area contributed by atoms with E-state index in [9.17, 15) is 4.79 Å². The Balaban J connectivity index is 2.70. The van der Waals surface area contributed by atoms with E-state index in [2.05, 4.69) is 0 Å². The molecule has 1 aromatic rings. The van der Waals surface area contributed by atoms with Crippen molar-refractivity contribution >= 4 is 5.91 Å². The lowest BCUT2D eigenvalue weighted by Gasteiger charge is -2.15. The highest BCUT2D eigenvalue weighted by atomic mass is 16.5. The fourth-order valence-electron chi connectivity index (χ4n) is 1.26. The summed E-state index contributed by atoms with van der Waals surface area (Å²) in [5, 5.41) is 0. The van der Waals surface area contributed by atoms with Gasteiger partial charge in [0, 0.05) is 25.7 Å². The van der Waals surface area contributed by atoms with Crippen molar-refractivity contribution in [1.29, 1.82) is 0 Å². The molecule has 0 bridgehead atoms. The summed E-state index contributed by atoms with van der Waals surface area (Å²) in [7, 11) is 3.40. The molecule has 16 heavy (non-hydrogen) atoms. The van der Waals surface area contributed by atoms with Crippen molar-refractivity contribution in [1.82, 2.24) is 4.90 Å². The lowest BCUT2D eigenvalue weighted by molar-refractivity contribution is -0.130. The van der Waals surface area contributed by atoms with Gasteiger partial charge in [-0.15, -0.1) is 0 Å². The second-order valence-corrected chi connectivity index (χ2v) is 3.90. The molecule has 1 rings (SSSR count). The van der Waals surface area contributed by atoms with Gasteiger partial charge in [0.05, 0.1) is 0 Å². The molecule has 0 saturated carbocycles. The van der Waals surface area contributed by atoms with Crippen LogP contribution in [-0.4, -0.2) is 31.5 Å². The summed E-state index contributed by atoms with van der Waals surface area (Å²) in [6, 6.07) is 7.38. The van der Waals surface area contributed by atoms with Crippen LogP contribution < -0.4 is 10.5 Å². The number of amides is 1. The Morgan fingerprint density at radius 1 is 1.44 bits per heavy atom. The highest BCUT2D eigenvalue weighted by molar-refractivity contribution is 5.77. The molecule has 1 atom stereocenters. The zero-order valence-electron chi connectivity index (χ0n) is 9.93. The number of hydrogen-bond donors (Lipinski definition) is 1. The molecule has 1 aromatic carbocycles. The molecule has 1 amide bonds. The minimum absolute atomic E-state index is 0.0384. The van der Waals surface area contributed by atoms with E-state index in [1.165, 1.54) is 4.90 Å². The molecule has 0 aliphatic rings. The molecule has 0 spiro atoms. The predicted molar refractivity (Wildman–Crippen MR) is 63.2 cm³/mol. The van der Waals surface area contributed by atoms with Gasteiger partial charge in [-0.05, 0) is 13.0 Å². The van der Waals surface area contributed by atoms with Gasteiger partial charge in [-0.3, -0.25) is 4.79 Å². The first-order valence-corrected chi connectivity index (χ1v) is 5.20. The summed E-state index contributed by atoms with van der Waals surface area (Å²) >= 11 is 0. The van der Waals surface area contributed by atoms with E-state index in [0.29, 0.717) is 5.75 Å². The average molecular weight is 222 g/mol. The maximum atomic E-state index is 11.4. The normalized spacial score (nSPS) is 12.0. The zero-order chi connectivity index (χ0) is 12.1. The molecular weight excluding hydrogens is 204 g/mol. The molecule has 0 aliphatic heterocycles. The minimum Gasteiger partial charge on any atom is -0.483 e. The van der Waals surface area contributed by atoms with Crippen molar-refractivity contribution < 1.29 is 9.53 Å².